The van der Waals surface area contributed by atoms with Gasteiger partial charge in [-0.1, -0.05) is 12.8 Å². The minimum Gasteiger partial charge on any atom is -0.332 e. The second-order valence-corrected chi connectivity index (χ2v) is 9.65. The van der Waals surface area contributed by atoms with Crippen LogP contribution in [0.1, 0.15) is 51.4 Å². The first-order valence-electron chi connectivity index (χ1n) is 10.8. The van der Waals surface area contributed by atoms with Crippen molar-refractivity contribution in [2.24, 2.45) is 17.6 Å². The SMILES string of the molecule is NCCCCC(C(=O)CCCC[C@@H]1SC[C@@H]2NC(=O)N[C@@H]21)C(=O)C1CC(=O)N(O)C1=O. The molecule has 0 radical (unpaired) electrons. The zero-order valence-corrected chi connectivity index (χ0v) is 18.2. The Labute approximate surface area is 185 Å². The second kappa shape index (κ2) is 10.6. The minimum absolute atomic E-state index is 0.0207. The van der Waals surface area contributed by atoms with Crippen LogP contribution in [0.15, 0.2) is 0 Å². The number of ketones is 2. The number of amides is 4. The molecule has 0 aromatic carbocycles. The summed E-state index contributed by atoms with van der Waals surface area (Å²) in [6, 6.07) is 0.147. The molecular formula is C20H30N4O6S. The van der Waals surface area contributed by atoms with Gasteiger partial charge in [-0.2, -0.15) is 16.8 Å². The molecule has 0 aliphatic carbocycles. The largest absolute Gasteiger partial charge is 0.332 e. The number of unbranched alkanes of at least 4 members (excludes halogenated alkanes) is 2. The highest BCUT2D eigenvalue weighted by molar-refractivity contribution is 8.00. The van der Waals surface area contributed by atoms with Crippen LogP contribution in [0.25, 0.3) is 0 Å². The summed E-state index contributed by atoms with van der Waals surface area (Å²) in [6.45, 7) is 0.437. The van der Waals surface area contributed by atoms with Gasteiger partial charge in [0, 0.05) is 23.8 Å². The van der Waals surface area contributed by atoms with Crippen molar-refractivity contribution in [1.82, 2.24) is 15.7 Å². The molecule has 11 heteroatoms. The van der Waals surface area contributed by atoms with Gasteiger partial charge in [-0.3, -0.25) is 24.4 Å². The Kier molecular flexibility index (Phi) is 8.06. The molecule has 5 N–H and O–H groups in total. The number of carbonyl (C=O) groups excluding carboxylic acids is 5. The summed E-state index contributed by atoms with van der Waals surface area (Å²) in [6.07, 6.45) is 3.60. The van der Waals surface area contributed by atoms with Crippen LogP contribution in [0.5, 0.6) is 0 Å². The number of nitrogens with two attached hydrogens (primary N) is 1. The second-order valence-electron chi connectivity index (χ2n) is 8.37. The molecule has 10 nitrogen and oxygen atoms in total. The molecule has 3 aliphatic heterocycles. The third-order valence-corrected chi connectivity index (χ3v) is 7.75. The quantitative estimate of drug-likeness (QED) is 0.108. The number of fused-ring (bicyclic) bond motifs is 1. The van der Waals surface area contributed by atoms with E-state index in [1.807, 2.05) is 11.8 Å². The van der Waals surface area contributed by atoms with E-state index in [1.54, 1.807) is 0 Å². The number of rotatable bonds is 12. The van der Waals surface area contributed by atoms with Crippen molar-refractivity contribution < 1.29 is 29.2 Å². The van der Waals surface area contributed by atoms with Crippen molar-refractivity contribution in [2.75, 3.05) is 12.3 Å². The molecular weight excluding hydrogens is 424 g/mol. The monoisotopic (exact) mass is 454 g/mol. The van der Waals surface area contributed by atoms with E-state index in [2.05, 4.69) is 10.6 Å². The van der Waals surface area contributed by atoms with E-state index in [1.165, 1.54) is 0 Å². The van der Waals surface area contributed by atoms with Gasteiger partial charge >= 0.3 is 6.03 Å². The van der Waals surface area contributed by atoms with Crippen LogP contribution in [0.4, 0.5) is 4.79 Å². The molecule has 0 aromatic heterocycles. The Morgan fingerprint density at radius 2 is 1.94 bits per heavy atom. The highest BCUT2D eigenvalue weighted by atomic mass is 32.2. The highest BCUT2D eigenvalue weighted by Crippen LogP contribution is 2.33. The molecule has 0 bridgehead atoms. The summed E-state index contributed by atoms with van der Waals surface area (Å²) in [4.78, 5) is 60.7. The zero-order chi connectivity index (χ0) is 22.5. The van der Waals surface area contributed by atoms with Gasteiger partial charge in [0.25, 0.3) is 11.8 Å². The molecule has 5 atom stereocenters. The maximum atomic E-state index is 12.9. The van der Waals surface area contributed by atoms with Crippen LogP contribution in [0.2, 0.25) is 0 Å². The molecule has 3 aliphatic rings. The van der Waals surface area contributed by atoms with Crippen LogP contribution in [-0.2, 0) is 19.2 Å². The van der Waals surface area contributed by atoms with Gasteiger partial charge < -0.3 is 16.4 Å². The van der Waals surface area contributed by atoms with E-state index in [0.717, 1.165) is 18.6 Å². The summed E-state index contributed by atoms with van der Waals surface area (Å²) in [5.41, 5.74) is 5.51. The number of hydrogen-bond donors (Lipinski definition) is 4. The van der Waals surface area contributed by atoms with Crippen molar-refractivity contribution in [3.8, 4) is 0 Å². The lowest BCUT2D eigenvalue weighted by atomic mass is 9.83. The highest BCUT2D eigenvalue weighted by Gasteiger charge is 2.46. The van der Waals surface area contributed by atoms with Crippen molar-refractivity contribution >= 4 is 41.2 Å². The number of carbonyl (C=O) groups is 5. The number of urea groups is 1. The first-order chi connectivity index (χ1) is 14.8. The summed E-state index contributed by atoms with van der Waals surface area (Å²) < 4.78 is 0. The fourth-order valence-electron chi connectivity index (χ4n) is 4.50. The van der Waals surface area contributed by atoms with Crippen molar-refractivity contribution in [1.29, 1.82) is 0 Å². The molecule has 3 saturated heterocycles. The van der Waals surface area contributed by atoms with Gasteiger partial charge in [-0.25, -0.2) is 4.79 Å². The first kappa shape index (κ1) is 23.7. The topological polar surface area (TPSA) is 159 Å². The Morgan fingerprint density at radius 3 is 2.61 bits per heavy atom. The van der Waals surface area contributed by atoms with E-state index in [0.29, 0.717) is 31.1 Å². The maximum Gasteiger partial charge on any atom is 0.315 e. The van der Waals surface area contributed by atoms with Crippen molar-refractivity contribution in [2.45, 2.75) is 68.7 Å². The lowest BCUT2D eigenvalue weighted by Gasteiger charge is -2.18. The van der Waals surface area contributed by atoms with E-state index in [4.69, 9.17) is 5.73 Å². The summed E-state index contributed by atoms with van der Waals surface area (Å²) >= 11 is 1.81. The number of nitrogens with one attached hydrogen (secondary N) is 2. The van der Waals surface area contributed by atoms with Gasteiger partial charge in [-0.05, 0) is 32.2 Å². The van der Waals surface area contributed by atoms with Crippen LogP contribution < -0.4 is 16.4 Å². The van der Waals surface area contributed by atoms with Crippen LogP contribution >= 0.6 is 11.8 Å². The van der Waals surface area contributed by atoms with Crippen LogP contribution in [0, 0.1) is 11.8 Å². The average Bonchev–Trinajstić information content (AvgIpc) is 3.37. The molecule has 31 heavy (non-hydrogen) atoms. The van der Waals surface area contributed by atoms with Gasteiger partial charge in [0.05, 0.1) is 18.0 Å². The standard InChI is InChI=1S/C20H30N4O6S/c21-8-4-3-5-11(18(27)12-9-16(26)24(30)19(12)28)14(25)6-1-2-7-15-17-13(10-31-15)22-20(29)23-17/h11-13,15,17,30H,1-10,21H2,(H2,22,23,29)/t11?,12?,13-,15-,17-/m0/s1. The van der Waals surface area contributed by atoms with Gasteiger partial charge in [0.15, 0.2) is 5.78 Å². The molecule has 3 heterocycles. The molecule has 3 fully saturated rings. The van der Waals surface area contributed by atoms with Gasteiger partial charge in [0.1, 0.15) is 11.7 Å². The lowest BCUT2D eigenvalue weighted by Crippen LogP contribution is -2.36. The van der Waals surface area contributed by atoms with Gasteiger partial charge in [-0.15, -0.1) is 0 Å². The molecule has 3 rings (SSSR count). The van der Waals surface area contributed by atoms with E-state index < -0.39 is 35.9 Å². The third-order valence-electron chi connectivity index (χ3n) is 6.24. The third kappa shape index (κ3) is 5.45. The lowest BCUT2D eigenvalue weighted by molar-refractivity contribution is -0.172. The first-order valence-corrected chi connectivity index (χ1v) is 11.9. The molecule has 4 amide bonds. The number of imide groups is 1. The van der Waals surface area contributed by atoms with Crippen LogP contribution in [0.3, 0.4) is 0 Å². The summed E-state index contributed by atoms with van der Waals surface area (Å²) in [5, 5.41) is 15.6. The van der Waals surface area contributed by atoms with E-state index >= 15 is 0 Å². The molecule has 172 valence electrons. The van der Waals surface area contributed by atoms with Crippen molar-refractivity contribution in [3.05, 3.63) is 0 Å². The van der Waals surface area contributed by atoms with Crippen molar-refractivity contribution in [3.63, 3.8) is 0 Å². The Morgan fingerprint density at radius 1 is 1.16 bits per heavy atom. The smallest absolute Gasteiger partial charge is 0.315 e. The van der Waals surface area contributed by atoms with E-state index in [9.17, 15) is 29.2 Å². The molecule has 2 unspecified atom stereocenters. The minimum atomic E-state index is -1.28. The van der Waals surface area contributed by atoms with Gasteiger partial charge in [0.2, 0.25) is 0 Å². The van der Waals surface area contributed by atoms with Crippen LogP contribution in [-0.4, -0.2) is 69.3 Å². The summed E-state index contributed by atoms with van der Waals surface area (Å²) in [7, 11) is 0. The Hall–Kier alpha value is -1.98. The number of nitrogens with zero attached hydrogens (tertiary/aromatic N) is 1. The predicted octanol–water partition coefficient (Wildman–Crippen LogP) is 0.360. The maximum absolute atomic E-state index is 12.9. The Bertz CT molecular complexity index is 747. The fourth-order valence-corrected chi connectivity index (χ4v) is 6.04. The molecule has 0 saturated carbocycles. The zero-order valence-electron chi connectivity index (χ0n) is 17.4. The van der Waals surface area contributed by atoms with E-state index in [-0.39, 0.29) is 41.8 Å². The molecule has 0 spiro atoms. The number of Topliss-reactive ketones (excluding diaryl/α,β-unsaturated/α-hetero) is 2. The fraction of sp³-hybridized carbons (Fsp3) is 0.750. The Balaban J connectivity index is 1.50. The average molecular weight is 455 g/mol. The number of thioether (sulfide) groups is 1. The summed E-state index contributed by atoms with van der Waals surface area (Å²) in [5.74, 6) is -3.94. The number of hydrogen-bond acceptors (Lipinski definition) is 8. The molecule has 0 aromatic rings. The normalized spacial score (nSPS) is 28.5. The predicted molar refractivity (Wildman–Crippen MR) is 112 cm³/mol. The number of hydroxylamine groups is 2.